The summed E-state index contributed by atoms with van der Waals surface area (Å²) in [6.45, 7) is -0.241. The quantitative estimate of drug-likeness (QED) is 0.276. The topological polar surface area (TPSA) is 142 Å². The van der Waals surface area contributed by atoms with Crippen molar-refractivity contribution in [2.24, 2.45) is 23.7 Å². The van der Waals surface area contributed by atoms with Crippen molar-refractivity contribution in [3.63, 3.8) is 0 Å². The molecular formula is C36H31ClN2O8. The molecule has 0 spiro atoms. The Morgan fingerprint density at radius 2 is 1.72 bits per heavy atom. The standard InChI is InChI=1S/C36H31ClN2O8/c1-47-28-17-22(40)10-11-24(28)31-23-12-13-25-30(34(45)38(32(25)43)15-14-29(41)42)26(23)18-27-33(44)39(21-9-5-8-20(37)16-21)35(46)36(27,31)19-6-3-2-4-7-19/h2-12,16-17,25-27,30-31,40H,13-15,18H2,1H3,(H,41,42)/t25-,26+,27-,30-,31+,36+/m0/s1. The molecule has 10 nitrogen and oxygen atoms in total. The number of carbonyl (C=O) groups is 5. The van der Waals surface area contributed by atoms with Crippen molar-refractivity contribution in [2.45, 2.75) is 30.6 Å². The molecule has 2 heterocycles. The Kier molecular flexibility index (Phi) is 7.43. The molecule has 6 atom stereocenters. The largest absolute Gasteiger partial charge is 0.508 e. The zero-order valence-corrected chi connectivity index (χ0v) is 26.1. The fourth-order valence-corrected chi connectivity index (χ4v) is 8.70. The average Bonchev–Trinajstić information content (AvgIpc) is 3.44. The van der Waals surface area contributed by atoms with Crippen LogP contribution in [0.4, 0.5) is 5.69 Å². The minimum atomic E-state index is -1.49. The molecule has 0 bridgehead atoms. The molecule has 1 saturated carbocycles. The van der Waals surface area contributed by atoms with Crippen molar-refractivity contribution in [1.29, 1.82) is 0 Å². The van der Waals surface area contributed by atoms with Gasteiger partial charge in [-0.1, -0.05) is 65.7 Å². The van der Waals surface area contributed by atoms with Gasteiger partial charge < -0.3 is 14.9 Å². The maximum absolute atomic E-state index is 15.2. The number of carboxylic acid groups (broad SMARTS) is 1. The number of methoxy groups -OCH3 is 1. The first-order valence-electron chi connectivity index (χ1n) is 15.4. The van der Waals surface area contributed by atoms with Crippen LogP contribution in [0.2, 0.25) is 5.02 Å². The molecule has 7 rings (SSSR count). The van der Waals surface area contributed by atoms with E-state index >= 15 is 4.79 Å². The number of hydrogen-bond acceptors (Lipinski definition) is 7. The van der Waals surface area contributed by atoms with Crippen LogP contribution < -0.4 is 9.64 Å². The van der Waals surface area contributed by atoms with E-state index in [2.05, 4.69) is 0 Å². The third kappa shape index (κ3) is 4.49. The Bertz CT molecular complexity index is 1880. The number of nitrogens with zero attached hydrogens (tertiary/aromatic N) is 2. The van der Waals surface area contributed by atoms with Crippen LogP contribution in [0.3, 0.4) is 0 Å². The number of ether oxygens (including phenoxy) is 1. The van der Waals surface area contributed by atoms with Crippen LogP contribution in [0.5, 0.6) is 11.5 Å². The van der Waals surface area contributed by atoms with E-state index in [9.17, 15) is 29.4 Å². The molecular weight excluding hydrogens is 624 g/mol. The van der Waals surface area contributed by atoms with Gasteiger partial charge >= 0.3 is 5.97 Å². The number of likely N-dealkylation sites (tertiary alicyclic amines) is 1. The number of anilines is 1. The molecule has 2 aliphatic heterocycles. The number of halogens is 1. The Morgan fingerprint density at radius 3 is 2.43 bits per heavy atom. The first-order chi connectivity index (χ1) is 22.6. The molecule has 240 valence electrons. The second-order valence-corrected chi connectivity index (χ2v) is 12.9. The third-order valence-corrected chi connectivity index (χ3v) is 10.6. The van der Waals surface area contributed by atoms with Gasteiger partial charge in [0, 0.05) is 29.1 Å². The molecule has 4 aliphatic rings. The van der Waals surface area contributed by atoms with Gasteiger partial charge in [0.25, 0.3) is 0 Å². The average molecular weight is 655 g/mol. The zero-order valence-electron chi connectivity index (χ0n) is 25.3. The van der Waals surface area contributed by atoms with E-state index in [1.807, 2.05) is 36.4 Å². The predicted molar refractivity (Wildman–Crippen MR) is 170 cm³/mol. The summed E-state index contributed by atoms with van der Waals surface area (Å²) in [6, 6.07) is 20.2. The lowest BCUT2D eigenvalue weighted by Gasteiger charge is -2.51. The minimum absolute atomic E-state index is 0.0547. The maximum Gasteiger partial charge on any atom is 0.305 e. The molecule has 3 aromatic carbocycles. The fraction of sp³-hybridized carbons (Fsp3) is 0.306. The van der Waals surface area contributed by atoms with Crippen LogP contribution in [0.15, 0.2) is 84.4 Å². The van der Waals surface area contributed by atoms with E-state index < -0.39 is 64.6 Å². The molecule has 0 unspecified atom stereocenters. The maximum atomic E-state index is 15.2. The highest BCUT2D eigenvalue weighted by Gasteiger charge is 2.70. The van der Waals surface area contributed by atoms with Gasteiger partial charge in [0.15, 0.2) is 0 Å². The first-order valence-corrected chi connectivity index (χ1v) is 15.8. The number of benzene rings is 3. The number of phenols is 1. The van der Waals surface area contributed by atoms with Crippen LogP contribution in [0.1, 0.15) is 36.3 Å². The normalized spacial score (nSPS) is 28.1. The SMILES string of the molecule is COc1cc(O)ccc1[C@H]1C2=CC[C@@H]3C(=O)N(CCC(=O)O)C(=O)[C@@H]3[C@@H]2C[C@H]2C(=O)N(c3cccc(Cl)c3)C(=O)[C@@]12c1ccccc1. The summed E-state index contributed by atoms with van der Waals surface area (Å²) >= 11 is 6.34. The number of imide groups is 2. The Hall–Kier alpha value is -4.96. The summed E-state index contributed by atoms with van der Waals surface area (Å²) in [6.07, 6.45) is 1.84. The summed E-state index contributed by atoms with van der Waals surface area (Å²) in [5.74, 6) is -6.64. The summed E-state index contributed by atoms with van der Waals surface area (Å²) in [5.41, 5.74) is 0.698. The molecule has 2 aliphatic carbocycles. The number of carboxylic acids is 1. The lowest BCUT2D eigenvalue weighted by Crippen LogP contribution is -2.53. The number of amides is 4. The van der Waals surface area contributed by atoms with Crippen LogP contribution in [-0.4, -0.2) is 58.4 Å². The van der Waals surface area contributed by atoms with Gasteiger partial charge in [-0.25, -0.2) is 4.90 Å². The third-order valence-electron chi connectivity index (χ3n) is 10.3. The highest BCUT2D eigenvalue weighted by Crippen LogP contribution is 2.65. The Balaban J connectivity index is 1.48. The summed E-state index contributed by atoms with van der Waals surface area (Å²) < 4.78 is 5.77. The van der Waals surface area contributed by atoms with Crippen LogP contribution >= 0.6 is 11.6 Å². The van der Waals surface area contributed by atoms with Crippen molar-refractivity contribution in [1.82, 2.24) is 4.90 Å². The van der Waals surface area contributed by atoms with Crippen molar-refractivity contribution < 1.29 is 38.9 Å². The second-order valence-electron chi connectivity index (χ2n) is 12.5. The van der Waals surface area contributed by atoms with Gasteiger partial charge in [0.05, 0.1) is 42.4 Å². The van der Waals surface area contributed by atoms with E-state index in [1.165, 1.54) is 24.1 Å². The number of fused-ring (bicyclic) bond motifs is 4. The van der Waals surface area contributed by atoms with Crippen LogP contribution in [-0.2, 0) is 29.4 Å². The molecule has 0 radical (unpaired) electrons. The molecule has 11 heteroatoms. The van der Waals surface area contributed by atoms with Crippen LogP contribution in [0.25, 0.3) is 0 Å². The molecule has 2 N–H and O–H groups in total. The minimum Gasteiger partial charge on any atom is -0.508 e. The van der Waals surface area contributed by atoms with Gasteiger partial charge in [-0.2, -0.15) is 0 Å². The molecule has 4 amide bonds. The Labute approximate surface area is 275 Å². The molecule has 3 fully saturated rings. The zero-order chi connectivity index (χ0) is 33.2. The van der Waals surface area contributed by atoms with Gasteiger partial charge in [-0.3, -0.25) is 28.9 Å². The van der Waals surface area contributed by atoms with Crippen molar-refractivity contribution in [2.75, 3.05) is 18.6 Å². The molecule has 0 aromatic heterocycles. The highest BCUT2D eigenvalue weighted by molar-refractivity contribution is 6.32. The van der Waals surface area contributed by atoms with E-state index in [-0.39, 0.29) is 31.6 Å². The number of aliphatic carboxylic acids is 1. The number of hydrogen-bond donors (Lipinski definition) is 2. The predicted octanol–water partition coefficient (Wildman–Crippen LogP) is 4.69. The smallest absolute Gasteiger partial charge is 0.305 e. The fourth-order valence-electron chi connectivity index (χ4n) is 8.52. The highest BCUT2D eigenvalue weighted by atomic mass is 35.5. The monoisotopic (exact) mass is 654 g/mol. The summed E-state index contributed by atoms with van der Waals surface area (Å²) in [4.78, 5) is 71.0. The number of carbonyl (C=O) groups excluding carboxylic acids is 4. The summed E-state index contributed by atoms with van der Waals surface area (Å²) in [5, 5.41) is 20.0. The van der Waals surface area contributed by atoms with Gasteiger partial charge in [0.1, 0.15) is 11.5 Å². The number of allylic oxidation sites excluding steroid dienone is 2. The number of rotatable bonds is 7. The first kappa shape index (κ1) is 30.7. The van der Waals surface area contributed by atoms with E-state index in [4.69, 9.17) is 16.3 Å². The molecule has 2 saturated heterocycles. The Morgan fingerprint density at radius 1 is 0.957 bits per heavy atom. The van der Waals surface area contributed by atoms with Crippen molar-refractivity contribution in [3.8, 4) is 11.5 Å². The van der Waals surface area contributed by atoms with Gasteiger partial charge in [0.2, 0.25) is 23.6 Å². The molecule has 47 heavy (non-hydrogen) atoms. The number of phenolic OH excluding ortho intramolecular Hbond substituents is 1. The van der Waals surface area contributed by atoms with E-state index in [0.29, 0.717) is 27.6 Å². The lowest BCUT2D eigenvalue weighted by molar-refractivity contribution is -0.142. The van der Waals surface area contributed by atoms with E-state index in [1.54, 1.807) is 30.3 Å². The lowest BCUT2D eigenvalue weighted by atomic mass is 9.49. The van der Waals surface area contributed by atoms with Gasteiger partial charge in [-0.15, -0.1) is 0 Å². The molecule has 3 aromatic rings. The van der Waals surface area contributed by atoms with Crippen molar-refractivity contribution >= 4 is 46.9 Å². The second kappa shape index (κ2) is 11.4. The number of aromatic hydroxyl groups is 1. The summed E-state index contributed by atoms with van der Waals surface area (Å²) in [7, 11) is 1.45. The van der Waals surface area contributed by atoms with E-state index in [0.717, 1.165) is 10.5 Å². The van der Waals surface area contributed by atoms with Crippen molar-refractivity contribution in [3.05, 3.63) is 101 Å². The van der Waals surface area contributed by atoms with Gasteiger partial charge in [-0.05, 0) is 48.6 Å². The van der Waals surface area contributed by atoms with Crippen LogP contribution in [0, 0.1) is 23.7 Å².